The smallest absolute Gasteiger partial charge is 0.307 e. The summed E-state index contributed by atoms with van der Waals surface area (Å²) in [6, 6.07) is 0. The molecule has 0 aliphatic heterocycles. The van der Waals surface area contributed by atoms with E-state index in [1.54, 1.807) is 13.1 Å². The molecule has 1 rings (SSSR count). The molecule has 0 amide bonds. The lowest BCUT2D eigenvalue weighted by atomic mass is 10.4. The van der Waals surface area contributed by atoms with Crippen molar-refractivity contribution in [1.82, 2.24) is 14.9 Å². The highest BCUT2D eigenvalue weighted by Crippen LogP contribution is 1.93. The van der Waals surface area contributed by atoms with Crippen LogP contribution in [0.25, 0.3) is 0 Å². The van der Waals surface area contributed by atoms with E-state index in [1.165, 1.54) is 0 Å². The van der Waals surface area contributed by atoms with Gasteiger partial charge in [-0.15, -0.1) is 0 Å². The highest BCUT2D eigenvalue weighted by molar-refractivity contribution is 5.69. The largest absolute Gasteiger partial charge is 0.466 e. The van der Waals surface area contributed by atoms with Gasteiger partial charge in [-0.05, 0) is 6.92 Å². The van der Waals surface area contributed by atoms with Gasteiger partial charge in [0, 0.05) is 26.0 Å². The Kier molecular flexibility index (Phi) is 4.83. The van der Waals surface area contributed by atoms with Crippen molar-refractivity contribution in [3.63, 3.8) is 0 Å². The van der Waals surface area contributed by atoms with Gasteiger partial charge in [-0.2, -0.15) is 0 Å². The van der Waals surface area contributed by atoms with Crippen molar-refractivity contribution in [2.45, 2.75) is 19.9 Å². The molecule has 0 saturated heterocycles. The Morgan fingerprint density at radius 2 is 2.47 bits per heavy atom. The lowest BCUT2D eigenvalue weighted by Crippen LogP contribution is -2.20. The number of nitrogens with one attached hydrogen (secondary N) is 1. The third-order valence-corrected chi connectivity index (χ3v) is 2.02. The van der Waals surface area contributed by atoms with Gasteiger partial charge in [-0.1, -0.05) is 0 Å². The number of aromatic nitrogens is 2. The van der Waals surface area contributed by atoms with E-state index in [0.29, 0.717) is 26.1 Å². The van der Waals surface area contributed by atoms with Crippen LogP contribution in [0.2, 0.25) is 0 Å². The zero-order valence-electron chi connectivity index (χ0n) is 9.19. The number of hydrogen-bond acceptors (Lipinski definition) is 4. The van der Waals surface area contributed by atoms with Crippen LogP contribution in [0, 0.1) is 0 Å². The number of ether oxygens (including phenoxy) is 1. The molecular weight excluding hydrogens is 194 g/mol. The summed E-state index contributed by atoms with van der Waals surface area (Å²) in [7, 11) is 1.94. The molecule has 0 spiro atoms. The number of esters is 1. The maximum absolute atomic E-state index is 11.0. The van der Waals surface area contributed by atoms with Crippen molar-refractivity contribution in [3.8, 4) is 0 Å². The molecule has 0 fully saturated rings. The molecule has 0 unspecified atom stereocenters. The average molecular weight is 211 g/mol. The zero-order chi connectivity index (χ0) is 11.1. The summed E-state index contributed by atoms with van der Waals surface area (Å²) >= 11 is 0. The average Bonchev–Trinajstić information content (AvgIpc) is 2.60. The molecular formula is C10H17N3O2. The monoisotopic (exact) mass is 211 g/mol. The molecule has 15 heavy (non-hydrogen) atoms. The van der Waals surface area contributed by atoms with Crippen LogP contribution in [0.1, 0.15) is 19.2 Å². The highest BCUT2D eigenvalue weighted by atomic mass is 16.5. The molecule has 5 nitrogen and oxygen atoms in total. The molecule has 0 radical (unpaired) electrons. The summed E-state index contributed by atoms with van der Waals surface area (Å²) in [4.78, 5) is 15.1. The lowest BCUT2D eigenvalue weighted by molar-refractivity contribution is -0.142. The maximum Gasteiger partial charge on any atom is 0.307 e. The first-order valence-corrected chi connectivity index (χ1v) is 5.06. The second-order valence-electron chi connectivity index (χ2n) is 3.19. The Hall–Kier alpha value is -1.36. The van der Waals surface area contributed by atoms with E-state index >= 15 is 0 Å². The van der Waals surface area contributed by atoms with Crippen molar-refractivity contribution < 1.29 is 9.53 Å². The fourth-order valence-corrected chi connectivity index (χ4v) is 1.19. The molecule has 0 bridgehead atoms. The summed E-state index contributed by atoms with van der Waals surface area (Å²) in [6.07, 6.45) is 4.04. The van der Waals surface area contributed by atoms with E-state index in [1.807, 2.05) is 17.8 Å². The third kappa shape index (κ3) is 4.12. The number of nitrogens with zero attached hydrogens (tertiary/aromatic N) is 2. The summed E-state index contributed by atoms with van der Waals surface area (Å²) in [5, 5.41) is 3.13. The van der Waals surface area contributed by atoms with Gasteiger partial charge in [-0.3, -0.25) is 4.79 Å². The lowest BCUT2D eigenvalue weighted by Gasteiger charge is -2.04. The molecule has 0 aliphatic rings. The standard InChI is InChI=1S/C10H17N3O2/c1-3-15-10(14)4-5-11-8-9-12-6-7-13(9)2/h6-7,11H,3-5,8H2,1-2H3. The molecule has 0 saturated carbocycles. The number of imidazole rings is 1. The molecule has 1 aromatic rings. The molecule has 0 aromatic carbocycles. The first-order valence-electron chi connectivity index (χ1n) is 5.06. The Balaban J connectivity index is 2.12. The fraction of sp³-hybridized carbons (Fsp3) is 0.600. The van der Waals surface area contributed by atoms with Crippen LogP contribution in [0.15, 0.2) is 12.4 Å². The quantitative estimate of drug-likeness (QED) is 0.548. The summed E-state index contributed by atoms with van der Waals surface area (Å²) in [5.41, 5.74) is 0. The fourth-order valence-electron chi connectivity index (χ4n) is 1.19. The number of carbonyl (C=O) groups excluding carboxylic acids is 1. The Bertz CT molecular complexity index is 309. The van der Waals surface area contributed by atoms with Crippen LogP contribution in [0.4, 0.5) is 0 Å². The first-order chi connectivity index (χ1) is 7.24. The Morgan fingerprint density at radius 1 is 1.67 bits per heavy atom. The first kappa shape index (κ1) is 11.7. The third-order valence-electron chi connectivity index (χ3n) is 2.02. The summed E-state index contributed by atoms with van der Waals surface area (Å²) < 4.78 is 6.74. The van der Waals surface area contributed by atoms with Crippen molar-refractivity contribution in [3.05, 3.63) is 18.2 Å². The van der Waals surface area contributed by atoms with Crippen LogP contribution >= 0.6 is 0 Å². The van der Waals surface area contributed by atoms with Crippen LogP contribution in [0.3, 0.4) is 0 Å². The Morgan fingerprint density at radius 3 is 3.07 bits per heavy atom. The topological polar surface area (TPSA) is 56.1 Å². The second kappa shape index (κ2) is 6.19. The number of hydrogen-bond donors (Lipinski definition) is 1. The number of rotatable bonds is 6. The van der Waals surface area contributed by atoms with Gasteiger partial charge in [0.25, 0.3) is 0 Å². The van der Waals surface area contributed by atoms with E-state index in [9.17, 15) is 4.79 Å². The highest BCUT2D eigenvalue weighted by Gasteiger charge is 2.01. The summed E-state index contributed by atoms with van der Waals surface area (Å²) in [5.74, 6) is 0.795. The second-order valence-corrected chi connectivity index (χ2v) is 3.19. The number of carbonyl (C=O) groups is 1. The normalized spacial score (nSPS) is 10.3. The minimum Gasteiger partial charge on any atom is -0.466 e. The van der Waals surface area contributed by atoms with Crippen molar-refractivity contribution in [1.29, 1.82) is 0 Å². The van der Waals surface area contributed by atoms with Gasteiger partial charge >= 0.3 is 5.97 Å². The van der Waals surface area contributed by atoms with E-state index in [-0.39, 0.29) is 5.97 Å². The van der Waals surface area contributed by atoms with Gasteiger partial charge in [0.1, 0.15) is 5.82 Å². The molecule has 1 N–H and O–H groups in total. The molecule has 1 aromatic heterocycles. The molecule has 1 heterocycles. The van der Waals surface area contributed by atoms with Gasteiger partial charge < -0.3 is 14.6 Å². The molecule has 5 heteroatoms. The van der Waals surface area contributed by atoms with Crippen molar-refractivity contribution in [2.24, 2.45) is 7.05 Å². The SMILES string of the molecule is CCOC(=O)CCNCc1nccn1C. The van der Waals surface area contributed by atoms with Crippen LogP contribution < -0.4 is 5.32 Å². The van der Waals surface area contributed by atoms with E-state index in [0.717, 1.165) is 5.82 Å². The zero-order valence-corrected chi connectivity index (χ0v) is 9.19. The molecule has 84 valence electrons. The Labute approximate surface area is 89.4 Å². The van der Waals surface area contributed by atoms with Gasteiger partial charge in [0.2, 0.25) is 0 Å². The predicted molar refractivity (Wildman–Crippen MR) is 56.2 cm³/mol. The van der Waals surface area contributed by atoms with Gasteiger partial charge in [-0.25, -0.2) is 4.98 Å². The summed E-state index contributed by atoms with van der Waals surface area (Å²) in [6.45, 7) is 3.53. The van der Waals surface area contributed by atoms with E-state index in [4.69, 9.17) is 4.74 Å². The van der Waals surface area contributed by atoms with Crippen LogP contribution in [0.5, 0.6) is 0 Å². The predicted octanol–water partition coefficient (Wildman–Crippen LogP) is 0.463. The van der Waals surface area contributed by atoms with E-state index < -0.39 is 0 Å². The minimum atomic E-state index is -0.162. The molecule has 0 atom stereocenters. The maximum atomic E-state index is 11.0. The van der Waals surface area contributed by atoms with Crippen LogP contribution in [-0.2, 0) is 23.1 Å². The van der Waals surface area contributed by atoms with Crippen molar-refractivity contribution >= 4 is 5.97 Å². The van der Waals surface area contributed by atoms with Gasteiger partial charge in [0.05, 0.1) is 19.6 Å². The van der Waals surface area contributed by atoms with Crippen LogP contribution in [-0.4, -0.2) is 28.7 Å². The minimum absolute atomic E-state index is 0.162. The van der Waals surface area contributed by atoms with E-state index in [2.05, 4.69) is 10.3 Å². The molecule has 0 aliphatic carbocycles. The van der Waals surface area contributed by atoms with Gasteiger partial charge in [0.15, 0.2) is 0 Å². The number of aryl methyl sites for hydroxylation is 1. The van der Waals surface area contributed by atoms with Crippen molar-refractivity contribution in [2.75, 3.05) is 13.2 Å².